The normalized spacial score (nSPS) is 11.7. The number of nitrogens with one attached hydrogen (secondary N) is 1. The number of halogens is 1. The third-order valence-electron chi connectivity index (χ3n) is 6.37. The molecular formula is C32H33ClN2O5S2. The second-order valence-corrected chi connectivity index (χ2v) is 13.4. The van der Waals surface area contributed by atoms with Gasteiger partial charge in [-0.25, -0.2) is 13.4 Å². The standard InChI is InChI=1S/C32H33ClN2O5S2/c1-22(2)29-20-41-31(34-29)16-10-23-6-4-8-25(18-23)32(36)35-28-19-24(9-15-30(28)40-21-39-3)7-5-17-42(37,38)27-13-11-26(33)12-14-27/h4,6,8-16,18-20,22H,5,7,17,21H2,1-3H3,(H,35,36). The van der Waals surface area contributed by atoms with Gasteiger partial charge in [0, 0.05) is 23.1 Å². The number of aryl methyl sites for hydroxylation is 1. The van der Waals surface area contributed by atoms with Crippen LogP contribution in [0.3, 0.4) is 0 Å². The third-order valence-corrected chi connectivity index (χ3v) is 9.27. The van der Waals surface area contributed by atoms with Crippen LogP contribution in [0.4, 0.5) is 5.69 Å². The van der Waals surface area contributed by atoms with Crippen molar-refractivity contribution in [2.75, 3.05) is 25.0 Å². The van der Waals surface area contributed by atoms with E-state index in [1.54, 1.807) is 41.7 Å². The Hall–Kier alpha value is -3.50. The number of benzene rings is 3. The highest BCUT2D eigenvalue weighted by molar-refractivity contribution is 7.91. The fraction of sp³-hybridized carbons (Fsp3) is 0.250. The molecule has 0 saturated carbocycles. The molecule has 0 saturated heterocycles. The molecule has 10 heteroatoms. The molecule has 4 rings (SSSR count). The van der Waals surface area contributed by atoms with E-state index < -0.39 is 9.84 Å². The molecule has 1 aromatic heterocycles. The molecule has 42 heavy (non-hydrogen) atoms. The number of hydrogen-bond acceptors (Lipinski definition) is 7. The molecule has 0 bridgehead atoms. The molecule has 0 fully saturated rings. The maximum Gasteiger partial charge on any atom is 0.255 e. The largest absolute Gasteiger partial charge is 0.465 e. The summed E-state index contributed by atoms with van der Waals surface area (Å²) in [5.41, 5.74) is 3.75. The topological polar surface area (TPSA) is 94.6 Å². The number of anilines is 1. The van der Waals surface area contributed by atoms with Crippen LogP contribution in [0.1, 0.15) is 58.4 Å². The number of thiazole rings is 1. The first-order chi connectivity index (χ1) is 20.1. The van der Waals surface area contributed by atoms with Crippen molar-refractivity contribution in [3.8, 4) is 5.75 Å². The summed E-state index contributed by atoms with van der Waals surface area (Å²) in [6.07, 6.45) is 4.78. The second-order valence-electron chi connectivity index (χ2n) is 9.94. The van der Waals surface area contributed by atoms with Gasteiger partial charge in [-0.3, -0.25) is 4.79 Å². The summed E-state index contributed by atoms with van der Waals surface area (Å²) < 4.78 is 36.2. The fourth-order valence-electron chi connectivity index (χ4n) is 4.09. The zero-order chi connectivity index (χ0) is 30.1. The minimum Gasteiger partial charge on any atom is -0.465 e. The minimum atomic E-state index is -3.44. The maximum atomic E-state index is 13.3. The molecule has 3 aromatic carbocycles. The number of carbonyl (C=O) groups excluding carboxylic acids is 1. The molecule has 0 spiro atoms. The monoisotopic (exact) mass is 624 g/mol. The SMILES string of the molecule is COCOc1ccc(CCCS(=O)(=O)c2ccc(Cl)cc2)cc1NC(=O)c1cccc(C=Cc2nc(C(C)C)cs2)c1. The van der Waals surface area contributed by atoms with E-state index in [0.717, 1.165) is 21.8 Å². The molecule has 7 nitrogen and oxygen atoms in total. The quantitative estimate of drug-likeness (QED) is 0.153. The van der Waals surface area contributed by atoms with Crippen LogP contribution in [-0.4, -0.2) is 39.0 Å². The predicted octanol–water partition coefficient (Wildman–Crippen LogP) is 7.73. The van der Waals surface area contributed by atoms with Gasteiger partial charge >= 0.3 is 0 Å². The van der Waals surface area contributed by atoms with Crippen molar-refractivity contribution in [2.24, 2.45) is 0 Å². The zero-order valence-corrected chi connectivity index (χ0v) is 26.1. The molecule has 1 amide bonds. The van der Waals surface area contributed by atoms with E-state index in [2.05, 4.69) is 29.5 Å². The Kier molecular flexibility index (Phi) is 10.9. The summed E-state index contributed by atoms with van der Waals surface area (Å²) in [7, 11) is -1.92. The van der Waals surface area contributed by atoms with E-state index in [9.17, 15) is 13.2 Å². The molecule has 0 unspecified atom stereocenters. The number of amides is 1. The highest BCUT2D eigenvalue weighted by Crippen LogP contribution is 2.28. The molecular weight excluding hydrogens is 592 g/mol. The van der Waals surface area contributed by atoms with Crippen molar-refractivity contribution in [3.05, 3.63) is 105 Å². The van der Waals surface area contributed by atoms with Crippen LogP contribution in [-0.2, 0) is 21.0 Å². The summed E-state index contributed by atoms with van der Waals surface area (Å²) in [4.78, 5) is 18.1. The molecule has 4 aromatic rings. The summed E-state index contributed by atoms with van der Waals surface area (Å²) in [5, 5.41) is 6.40. The van der Waals surface area contributed by atoms with Gasteiger partial charge in [-0.15, -0.1) is 11.3 Å². The zero-order valence-electron chi connectivity index (χ0n) is 23.7. The summed E-state index contributed by atoms with van der Waals surface area (Å²) in [6.45, 7) is 4.23. The first-order valence-electron chi connectivity index (χ1n) is 13.4. The van der Waals surface area contributed by atoms with Gasteiger partial charge in [0.05, 0.1) is 22.0 Å². The lowest BCUT2D eigenvalue weighted by Gasteiger charge is -2.14. The Labute approximate surface area is 256 Å². The maximum absolute atomic E-state index is 13.3. The van der Waals surface area contributed by atoms with Gasteiger partial charge in [-0.2, -0.15) is 0 Å². The van der Waals surface area contributed by atoms with Gasteiger partial charge in [0.25, 0.3) is 5.91 Å². The Morgan fingerprint density at radius 1 is 1.07 bits per heavy atom. The lowest BCUT2D eigenvalue weighted by Crippen LogP contribution is -2.14. The van der Waals surface area contributed by atoms with E-state index in [0.29, 0.717) is 40.8 Å². The van der Waals surface area contributed by atoms with E-state index in [1.165, 1.54) is 19.2 Å². The number of aromatic nitrogens is 1. The van der Waals surface area contributed by atoms with E-state index in [4.69, 9.17) is 21.1 Å². The van der Waals surface area contributed by atoms with E-state index >= 15 is 0 Å². The summed E-state index contributed by atoms with van der Waals surface area (Å²) in [5.74, 6) is 0.502. The number of ether oxygens (including phenoxy) is 2. The lowest BCUT2D eigenvalue weighted by molar-refractivity contribution is 0.0515. The number of carbonyl (C=O) groups is 1. The van der Waals surface area contributed by atoms with Gasteiger partial charge in [-0.1, -0.05) is 49.7 Å². The van der Waals surface area contributed by atoms with Gasteiger partial charge < -0.3 is 14.8 Å². The van der Waals surface area contributed by atoms with Crippen molar-refractivity contribution in [2.45, 2.75) is 37.5 Å². The first-order valence-corrected chi connectivity index (χ1v) is 16.3. The molecule has 220 valence electrons. The average Bonchev–Trinajstić information content (AvgIpc) is 3.46. The van der Waals surface area contributed by atoms with Gasteiger partial charge in [0.15, 0.2) is 16.6 Å². The van der Waals surface area contributed by atoms with Crippen LogP contribution in [0.25, 0.3) is 12.2 Å². The van der Waals surface area contributed by atoms with Crippen LogP contribution < -0.4 is 10.1 Å². The Balaban J connectivity index is 1.45. The highest BCUT2D eigenvalue weighted by atomic mass is 35.5. The molecule has 0 aliphatic heterocycles. The van der Waals surface area contributed by atoms with Crippen molar-refractivity contribution in [1.82, 2.24) is 4.98 Å². The molecule has 1 heterocycles. The first kappa shape index (κ1) is 31.4. The number of nitrogens with zero attached hydrogens (tertiary/aromatic N) is 1. The molecule has 0 aliphatic carbocycles. The predicted molar refractivity (Wildman–Crippen MR) is 170 cm³/mol. The Morgan fingerprint density at radius 3 is 2.57 bits per heavy atom. The van der Waals surface area contributed by atoms with Crippen molar-refractivity contribution in [1.29, 1.82) is 0 Å². The molecule has 0 atom stereocenters. The molecule has 0 radical (unpaired) electrons. The third kappa shape index (κ3) is 8.75. The van der Waals surface area contributed by atoms with Crippen LogP contribution in [0.15, 0.2) is 77.0 Å². The number of sulfone groups is 1. The van der Waals surface area contributed by atoms with Gasteiger partial charge in [0.1, 0.15) is 10.8 Å². The van der Waals surface area contributed by atoms with Gasteiger partial charge in [0.2, 0.25) is 0 Å². The fourth-order valence-corrected chi connectivity index (χ4v) is 6.40. The lowest BCUT2D eigenvalue weighted by atomic mass is 10.1. The van der Waals surface area contributed by atoms with E-state index in [-0.39, 0.29) is 23.3 Å². The summed E-state index contributed by atoms with van der Waals surface area (Å²) in [6, 6.07) is 18.9. The number of rotatable bonds is 13. The van der Waals surface area contributed by atoms with Gasteiger partial charge in [-0.05, 0) is 84.5 Å². The minimum absolute atomic E-state index is 0.0110. The second kappa shape index (κ2) is 14.6. The smallest absolute Gasteiger partial charge is 0.255 e. The Morgan fingerprint density at radius 2 is 1.86 bits per heavy atom. The average molecular weight is 625 g/mol. The summed E-state index contributed by atoms with van der Waals surface area (Å²) >= 11 is 7.47. The highest BCUT2D eigenvalue weighted by Gasteiger charge is 2.16. The Bertz CT molecular complexity index is 1650. The van der Waals surface area contributed by atoms with Crippen LogP contribution in [0.2, 0.25) is 5.02 Å². The van der Waals surface area contributed by atoms with Crippen LogP contribution in [0, 0.1) is 0 Å². The van der Waals surface area contributed by atoms with Crippen molar-refractivity contribution >= 4 is 56.5 Å². The number of hydrogen-bond donors (Lipinski definition) is 1. The molecule has 1 N–H and O–H groups in total. The van der Waals surface area contributed by atoms with Crippen LogP contribution in [0.5, 0.6) is 5.75 Å². The van der Waals surface area contributed by atoms with Crippen molar-refractivity contribution < 1.29 is 22.7 Å². The van der Waals surface area contributed by atoms with Crippen molar-refractivity contribution in [3.63, 3.8) is 0 Å². The number of methoxy groups -OCH3 is 1. The molecule has 0 aliphatic rings. The van der Waals surface area contributed by atoms with E-state index in [1.807, 2.05) is 36.4 Å². The van der Waals surface area contributed by atoms with Crippen LogP contribution >= 0.6 is 22.9 Å².